The smallest absolute Gasteiger partial charge is 0.407 e. The largest absolute Gasteiger partial charge is 0.446 e. The second kappa shape index (κ2) is 12.2. The van der Waals surface area contributed by atoms with Gasteiger partial charge in [0.25, 0.3) is 0 Å². The fourth-order valence-electron chi connectivity index (χ4n) is 2.61. The van der Waals surface area contributed by atoms with Crippen LogP contribution < -0.4 is 10.6 Å². The third kappa shape index (κ3) is 10.6. The Morgan fingerprint density at radius 3 is 2.14 bits per heavy atom. The van der Waals surface area contributed by atoms with Gasteiger partial charge in [0.15, 0.2) is 0 Å². The van der Waals surface area contributed by atoms with Crippen molar-refractivity contribution in [3.63, 3.8) is 0 Å². The molecule has 29 heavy (non-hydrogen) atoms. The summed E-state index contributed by atoms with van der Waals surface area (Å²) >= 11 is 0. The molecule has 0 spiro atoms. The first-order valence-electron chi connectivity index (χ1n) is 10.6. The maximum absolute atomic E-state index is 12.7. The number of carbonyl (C=O) groups is 3. The van der Waals surface area contributed by atoms with Crippen LogP contribution in [0.2, 0.25) is 0 Å². The van der Waals surface area contributed by atoms with Crippen molar-refractivity contribution in [3.05, 3.63) is 0 Å². The molecule has 170 valence electrons. The third-order valence-electron chi connectivity index (χ3n) is 5.26. The van der Waals surface area contributed by atoms with E-state index in [9.17, 15) is 14.4 Å². The number of aldehydes is 1. The number of hydrogen-bond acceptors (Lipinski definition) is 5. The second-order valence-electron chi connectivity index (χ2n) is 9.75. The molecule has 7 nitrogen and oxygen atoms in total. The first-order valence-corrected chi connectivity index (χ1v) is 10.6. The number of nitrogens with one attached hydrogen (secondary N) is 2. The highest BCUT2D eigenvalue weighted by Crippen LogP contribution is 2.27. The van der Waals surface area contributed by atoms with Gasteiger partial charge < -0.3 is 24.9 Å². The number of alkyl carbamates (subject to hydrolysis) is 1. The van der Waals surface area contributed by atoms with Crippen LogP contribution in [0.1, 0.15) is 74.7 Å². The highest BCUT2D eigenvalue weighted by atomic mass is 16.6. The zero-order chi connectivity index (χ0) is 22.7. The highest BCUT2D eigenvalue weighted by molar-refractivity contribution is 5.82. The van der Waals surface area contributed by atoms with Crippen LogP contribution in [0.5, 0.6) is 0 Å². The van der Waals surface area contributed by atoms with E-state index in [-0.39, 0.29) is 30.4 Å². The van der Waals surface area contributed by atoms with E-state index < -0.39 is 16.9 Å². The molecule has 1 unspecified atom stereocenters. The van der Waals surface area contributed by atoms with Crippen molar-refractivity contribution in [2.45, 2.75) is 80.8 Å². The molecule has 0 aliphatic heterocycles. The first kappa shape index (κ1) is 27.4. The van der Waals surface area contributed by atoms with Gasteiger partial charge in [-0.25, -0.2) is 4.79 Å². The van der Waals surface area contributed by atoms with E-state index in [0.717, 1.165) is 12.7 Å². The van der Waals surface area contributed by atoms with Gasteiger partial charge in [0.05, 0.1) is 18.6 Å². The van der Waals surface area contributed by atoms with Gasteiger partial charge in [0.2, 0.25) is 5.91 Å². The van der Waals surface area contributed by atoms with Gasteiger partial charge in [0, 0.05) is 24.9 Å². The van der Waals surface area contributed by atoms with Crippen LogP contribution in [0.3, 0.4) is 0 Å². The molecular formula is C22H42N2O5. The third-order valence-corrected chi connectivity index (χ3v) is 5.26. The van der Waals surface area contributed by atoms with Crippen LogP contribution in [0.4, 0.5) is 4.79 Å². The summed E-state index contributed by atoms with van der Waals surface area (Å²) < 4.78 is 11.3. The van der Waals surface area contributed by atoms with Crippen LogP contribution in [0.15, 0.2) is 0 Å². The Morgan fingerprint density at radius 2 is 1.62 bits per heavy atom. The lowest BCUT2D eigenvalue weighted by molar-refractivity contribution is -0.134. The molecule has 0 radical (unpaired) electrons. The van der Waals surface area contributed by atoms with Crippen LogP contribution in [-0.2, 0) is 19.1 Å². The molecule has 2 N–H and O–H groups in total. The molecule has 0 fully saturated rings. The molecular weight excluding hydrogens is 372 g/mol. The summed E-state index contributed by atoms with van der Waals surface area (Å²) in [6.45, 7) is 17.5. The molecule has 0 aromatic heterocycles. The summed E-state index contributed by atoms with van der Waals surface area (Å²) in [5, 5.41) is 5.54. The molecule has 0 aromatic rings. The SMILES string of the molecule is CCC(OC(=O)NCCC=O)C(C)(C)CNC(=O)C(C)(C)COCC(C)(C)CC. The monoisotopic (exact) mass is 414 g/mol. The molecule has 0 saturated carbocycles. The maximum Gasteiger partial charge on any atom is 0.407 e. The average Bonchev–Trinajstić information content (AvgIpc) is 2.63. The fourth-order valence-corrected chi connectivity index (χ4v) is 2.61. The Bertz CT molecular complexity index is 529. The Balaban J connectivity index is 4.66. The van der Waals surface area contributed by atoms with Gasteiger partial charge in [-0.2, -0.15) is 0 Å². The molecule has 7 heteroatoms. The van der Waals surface area contributed by atoms with Gasteiger partial charge in [-0.1, -0.05) is 41.5 Å². The predicted molar refractivity (Wildman–Crippen MR) is 115 cm³/mol. The molecule has 0 aliphatic carbocycles. The standard InChI is InChI=1S/C22H42N2O5/c1-9-17(29-19(27)23-12-11-13-25)21(5,6)14-24-18(26)22(7,8)16-28-15-20(3,4)10-2/h13,17H,9-12,14-16H2,1-8H3,(H,23,27)(H,24,26). The van der Waals surface area contributed by atoms with Crippen molar-refractivity contribution >= 4 is 18.3 Å². The normalized spacial score (nSPS) is 13.5. The molecule has 1 atom stereocenters. The van der Waals surface area contributed by atoms with Gasteiger partial charge in [0.1, 0.15) is 12.4 Å². The lowest BCUT2D eigenvalue weighted by atomic mass is 9.84. The number of carbonyl (C=O) groups excluding carboxylic acids is 3. The summed E-state index contributed by atoms with van der Waals surface area (Å²) in [6.07, 6.45) is 1.69. The number of rotatable bonds is 14. The van der Waals surface area contributed by atoms with E-state index in [4.69, 9.17) is 9.47 Å². The highest BCUT2D eigenvalue weighted by Gasteiger charge is 2.35. The first-order chi connectivity index (χ1) is 13.3. The summed E-state index contributed by atoms with van der Waals surface area (Å²) in [5.41, 5.74) is -1.02. The molecule has 0 aliphatic rings. The molecule has 0 saturated heterocycles. The Morgan fingerprint density at radius 1 is 1.00 bits per heavy atom. The van der Waals surface area contributed by atoms with Crippen molar-refractivity contribution in [2.24, 2.45) is 16.2 Å². The van der Waals surface area contributed by atoms with Crippen LogP contribution in [0.25, 0.3) is 0 Å². The van der Waals surface area contributed by atoms with Gasteiger partial charge in [-0.15, -0.1) is 0 Å². The second-order valence-corrected chi connectivity index (χ2v) is 9.75. The lowest BCUT2D eigenvalue weighted by Gasteiger charge is -2.35. The van der Waals surface area contributed by atoms with E-state index in [1.54, 1.807) is 0 Å². The minimum atomic E-state index is -0.658. The molecule has 0 rings (SSSR count). The fraction of sp³-hybridized carbons (Fsp3) is 0.864. The van der Waals surface area contributed by atoms with Crippen molar-refractivity contribution < 1.29 is 23.9 Å². The van der Waals surface area contributed by atoms with E-state index in [1.807, 2.05) is 34.6 Å². The lowest BCUT2D eigenvalue weighted by Crippen LogP contribution is -2.48. The zero-order valence-corrected chi connectivity index (χ0v) is 19.6. The summed E-state index contributed by atoms with van der Waals surface area (Å²) in [6, 6.07) is 0. The van der Waals surface area contributed by atoms with Gasteiger partial charge >= 0.3 is 6.09 Å². The van der Waals surface area contributed by atoms with E-state index in [0.29, 0.717) is 26.2 Å². The quantitative estimate of drug-likeness (QED) is 0.334. The Labute approximate surface area is 176 Å². The van der Waals surface area contributed by atoms with Gasteiger partial charge in [-0.3, -0.25) is 4.79 Å². The molecule has 0 bridgehead atoms. The van der Waals surface area contributed by atoms with Crippen LogP contribution in [0, 0.1) is 16.2 Å². The molecule has 2 amide bonds. The maximum atomic E-state index is 12.7. The number of amides is 2. The summed E-state index contributed by atoms with van der Waals surface area (Å²) in [7, 11) is 0. The van der Waals surface area contributed by atoms with Crippen molar-refractivity contribution in [1.82, 2.24) is 10.6 Å². The Hall–Kier alpha value is -1.63. The molecule has 0 heterocycles. The van der Waals surface area contributed by atoms with Crippen molar-refractivity contribution in [2.75, 3.05) is 26.3 Å². The topological polar surface area (TPSA) is 93.7 Å². The predicted octanol–water partition coefficient (Wildman–Crippen LogP) is 3.70. The number of hydrogen-bond donors (Lipinski definition) is 2. The zero-order valence-electron chi connectivity index (χ0n) is 19.6. The van der Waals surface area contributed by atoms with E-state index >= 15 is 0 Å². The number of ether oxygens (including phenoxy) is 2. The Kier molecular flexibility index (Phi) is 11.5. The van der Waals surface area contributed by atoms with E-state index in [1.165, 1.54) is 0 Å². The molecule has 0 aromatic carbocycles. The van der Waals surface area contributed by atoms with Crippen LogP contribution >= 0.6 is 0 Å². The minimum Gasteiger partial charge on any atom is -0.446 e. The van der Waals surface area contributed by atoms with Crippen LogP contribution in [-0.4, -0.2) is 50.7 Å². The summed E-state index contributed by atoms with van der Waals surface area (Å²) in [4.78, 5) is 34.9. The van der Waals surface area contributed by atoms with Crippen molar-refractivity contribution in [1.29, 1.82) is 0 Å². The summed E-state index contributed by atoms with van der Waals surface area (Å²) in [5.74, 6) is -0.0924. The van der Waals surface area contributed by atoms with Crippen molar-refractivity contribution in [3.8, 4) is 0 Å². The van der Waals surface area contributed by atoms with E-state index in [2.05, 4.69) is 31.4 Å². The minimum absolute atomic E-state index is 0.0898. The average molecular weight is 415 g/mol. The van der Waals surface area contributed by atoms with Gasteiger partial charge in [-0.05, 0) is 32.1 Å².